The Bertz CT molecular complexity index is 656. The van der Waals surface area contributed by atoms with Crippen molar-refractivity contribution in [3.63, 3.8) is 0 Å². The van der Waals surface area contributed by atoms with Crippen LogP contribution in [0.25, 0.3) is 0 Å². The number of anilines is 1. The van der Waals surface area contributed by atoms with E-state index in [-0.39, 0.29) is 11.8 Å². The van der Waals surface area contributed by atoms with Crippen molar-refractivity contribution in [2.24, 2.45) is 0 Å². The third-order valence-corrected chi connectivity index (χ3v) is 3.13. The smallest absolute Gasteiger partial charge is 0.274 e. The maximum absolute atomic E-state index is 12.0. The Morgan fingerprint density at radius 3 is 2.43 bits per heavy atom. The van der Waals surface area contributed by atoms with E-state index in [0.717, 1.165) is 0 Å². The van der Waals surface area contributed by atoms with Crippen LogP contribution in [0.3, 0.4) is 0 Å². The molecule has 21 heavy (non-hydrogen) atoms. The number of amides is 2. The molecule has 0 spiro atoms. The molecular formula is C15H14BrN3O2. The lowest BCUT2D eigenvalue weighted by molar-refractivity contribution is 0.0955. The van der Waals surface area contributed by atoms with E-state index < -0.39 is 0 Å². The second kappa shape index (κ2) is 6.99. The van der Waals surface area contributed by atoms with Crippen LogP contribution < -0.4 is 10.6 Å². The number of pyridine rings is 1. The number of aromatic nitrogens is 1. The van der Waals surface area contributed by atoms with E-state index in [1.54, 1.807) is 42.5 Å². The Balaban J connectivity index is 2.06. The highest BCUT2D eigenvalue weighted by molar-refractivity contribution is 9.10. The van der Waals surface area contributed by atoms with Gasteiger partial charge in [-0.05, 0) is 59.3 Å². The maximum atomic E-state index is 12.0. The van der Waals surface area contributed by atoms with Gasteiger partial charge in [0, 0.05) is 17.8 Å². The SMILES string of the molecule is CCNC(=O)c1ccc(NC(=O)c2cccc(Br)n2)cc1. The van der Waals surface area contributed by atoms with Gasteiger partial charge in [-0.2, -0.15) is 0 Å². The van der Waals surface area contributed by atoms with Gasteiger partial charge < -0.3 is 10.6 Å². The number of rotatable bonds is 4. The minimum atomic E-state index is -0.304. The van der Waals surface area contributed by atoms with Gasteiger partial charge in [-0.3, -0.25) is 9.59 Å². The second-order valence-electron chi connectivity index (χ2n) is 4.24. The van der Waals surface area contributed by atoms with Crippen LogP contribution in [-0.4, -0.2) is 23.3 Å². The summed E-state index contributed by atoms with van der Waals surface area (Å²) in [5, 5.41) is 5.44. The molecule has 0 radical (unpaired) electrons. The van der Waals surface area contributed by atoms with Crippen LogP contribution in [0.4, 0.5) is 5.69 Å². The van der Waals surface area contributed by atoms with E-state index in [9.17, 15) is 9.59 Å². The minimum absolute atomic E-state index is 0.135. The Hall–Kier alpha value is -2.21. The summed E-state index contributed by atoms with van der Waals surface area (Å²) >= 11 is 3.22. The summed E-state index contributed by atoms with van der Waals surface area (Å²) in [6.07, 6.45) is 0. The van der Waals surface area contributed by atoms with E-state index in [1.165, 1.54) is 0 Å². The van der Waals surface area contributed by atoms with Gasteiger partial charge in [0.25, 0.3) is 11.8 Å². The quantitative estimate of drug-likeness (QED) is 0.835. The predicted octanol–water partition coefficient (Wildman–Crippen LogP) is 2.85. The van der Waals surface area contributed by atoms with Crippen LogP contribution in [0.15, 0.2) is 47.1 Å². The van der Waals surface area contributed by atoms with Crippen LogP contribution in [0.2, 0.25) is 0 Å². The molecule has 0 saturated heterocycles. The molecule has 0 unspecified atom stereocenters. The monoisotopic (exact) mass is 347 g/mol. The van der Waals surface area contributed by atoms with E-state index in [0.29, 0.717) is 28.1 Å². The molecule has 1 aromatic heterocycles. The zero-order valence-electron chi connectivity index (χ0n) is 11.4. The van der Waals surface area contributed by atoms with Crippen molar-refractivity contribution in [3.8, 4) is 0 Å². The van der Waals surface area contributed by atoms with Crippen LogP contribution >= 0.6 is 15.9 Å². The molecule has 0 fully saturated rings. The number of hydrogen-bond acceptors (Lipinski definition) is 3. The lowest BCUT2D eigenvalue weighted by atomic mass is 10.2. The van der Waals surface area contributed by atoms with Gasteiger partial charge >= 0.3 is 0 Å². The molecule has 1 heterocycles. The highest BCUT2D eigenvalue weighted by Crippen LogP contribution is 2.12. The normalized spacial score (nSPS) is 10.0. The number of nitrogens with one attached hydrogen (secondary N) is 2. The van der Waals surface area contributed by atoms with Crippen LogP contribution in [0, 0.1) is 0 Å². The van der Waals surface area contributed by atoms with Crippen molar-refractivity contribution < 1.29 is 9.59 Å². The number of benzene rings is 1. The largest absolute Gasteiger partial charge is 0.352 e. The molecule has 0 aliphatic carbocycles. The Morgan fingerprint density at radius 1 is 1.10 bits per heavy atom. The fourth-order valence-corrected chi connectivity index (χ4v) is 2.04. The maximum Gasteiger partial charge on any atom is 0.274 e. The lowest BCUT2D eigenvalue weighted by Crippen LogP contribution is -2.22. The summed E-state index contributed by atoms with van der Waals surface area (Å²) in [5.74, 6) is -0.439. The highest BCUT2D eigenvalue weighted by atomic mass is 79.9. The molecule has 0 aliphatic rings. The van der Waals surface area contributed by atoms with Gasteiger partial charge in [0.05, 0.1) is 0 Å². The number of carbonyl (C=O) groups is 2. The van der Waals surface area contributed by atoms with Gasteiger partial charge in [0.15, 0.2) is 0 Å². The van der Waals surface area contributed by atoms with Crippen molar-refractivity contribution in [3.05, 3.63) is 58.3 Å². The topological polar surface area (TPSA) is 71.1 Å². The predicted molar refractivity (Wildman–Crippen MR) is 84.3 cm³/mol. The summed E-state index contributed by atoms with van der Waals surface area (Å²) in [7, 11) is 0. The zero-order valence-corrected chi connectivity index (χ0v) is 13.0. The molecular weight excluding hydrogens is 334 g/mol. The molecule has 0 aliphatic heterocycles. The van der Waals surface area contributed by atoms with E-state index >= 15 is 0 Å². The van der Waals surface area contributed by atoms with E-state index in [4.69, 9.17) is 0 Å². The molecule has 2 amide bonds. The van der Waals surface area contributed by atoms with Gasteiger partial charge in [0.1, 0.15) is 10.3 Å². The Morgan fingerprint density at radius 2 is 1.81 bits per heavy atom. The summed E-state index contributed by atoms with van der Waals surface area (Å²) in [6.45, 7) is 2.43. The summed E-state index contributed by atoms with van der Waals surface area (Å²) in [5.41, 5.74) is 1.47. The van der Waals surface area contributed by atoms with Gasteiger partial charge in [-0.15, -0.1) is 0 Å². The molecule has 0 atom stereocenters. The molecule has 2 rings (SSSR count). The van der Waals surface area contributed by atoms with Gasteiger partial charge in [0.2, 0.25) is 0 Å². The van der Waals surface area contributed by atoms with Crippen LogP contribution in [0.1, 0.15) is 27.8 Å². The first kappa shape index (κ1) is 15.2. The Kier molecular flexibility index (Phi) is 5.05. The third kappa shape index (κ3) is 4.13. The number of nitrogens with zero attached hydrogens (tertiary/aromatic N) is 1. The number of carbonyl (C=O) groups excluding carboxylic acids is 2. The Labute approximate surface area is 130 Å². The number of hydrogen-bond donors (Lipinski definition) is 2. The first-order valence-corrected chi connectivity index (χ1v) is 7.21. The van der Waals surface area contributed by atoms with Crippen molar-refractivity contribution in [2.45, 2.75) is 6.92 Å². The molecule has 2 aromatic rings. The van der Waals surface area contributed by atoms with Crippen molar-refractivity contribution >= 4 is 33.4 Å². The van der Waals surface area contributed by atoms with Gasteiger partial charge in [-0.25, -0.2) is 4.98 Å². The molecule has 108 valence electrons. The zero-order chi connectivity index (χ0) is 15.2. The molecule has 2 N–H and O–H groups in total. The highest BCUT2D eigenvalue weighted by Gasteiger charge is 2.09. The fourth-order valence-electron chi connectivity index (χ4n) is 1.70. The first-order valence-electron chi connectivity index (χ1n) is 6.42. The van der Waals surface area contributed by atoms with Crippen LogP contribution in [0.5, 0.6) is 0 Å². The van der Waals surface area contributed by atoms with Crippen molar-refractivity contribution in [1.82, 2.24) is 10.3 Å². The second-order valence-corrected chi connectivity index (χ2v) is 5.05. The van der Waals surface area contributed by atoms with E-state index in [2.05, 4.69) is 31.5 Å². The standard InChI is InChI=1S/C15H14BrN3O2/c1-2-17-14(20)10-6-8-11(9-7-10)18-15(21)12-4-3-5-13(16)19-12/h3-9H,2H2,1H3,(H,17,20)(H,18,21). The number of halogens is 1. The molecule has 0 bridgehead atoms. The van der Waals surface area contributed by atoms with E-state index in [1.807, 2.05) is 6.92 Å². The summed E-state index contributed by atoms with van der Waals surface area (Å²) < 4.78 is 0.599. The molecule has 0 saturated carbocycles. The molecule has 1 aromatic carbocycles. The molecule has 5 nitrogen and oxygen atoms in total. The molecule has 6 heteroatoms. The fraction of sp³-hybridized carbons (Fsp3) is 0.133. The van der Waals surface area contributed by atoms with Crippen LogP contribution in [-0.2, 0) is 0 Å². The first-order chi connectivity index (χ1) is 10.1. The minimum Gasteiger partial charge on any atom is -0.352 e. The van der Waals surface area contributed by atoms with Crippen molar-refractivity contribution in [1.29, 1.82) is 0 Å². The average Bonchev–Trinajstić information content (AvgIpc) is 2.48. The summed E-state index contributed by atoms with van der Waals surface area (Å²) in [4.78, 5) is 27.7. The summed E-state index contributed by atoms with van der Waals surface area (Å²) in [6, 6.07) is 11.8. The van der Waals surface area contributed by atoms with Crippen molar-refractivity contribution in [2.75, 3.05) is 11.9 Å². The average molecular weight is 348 g/mol. The third-order valence-electron chi connectivity index (χ3n) is 2.69. The lowest BCUT2D eigenvalue weighted by Gasteiger charge is -2.06. The van der Waals surface area contributed by atoms with Gasteiger partial charge in [-0.1, -0.05) is 6.07 Å².